The van der Waals surface area contributed by atoms with Crippen molar-refractivity contribution >= 4 is 11.8 Å². The first-order chi connectivity index (χ1) is 20.8. The topological polar surface area (TPSA) is 163 Å². The van der Waals surface area contributed by atoms with Gasteiger partial charge >= 0.3 is 5.97 Å². The number of ketones is 1. The lowest BCUT2D eigenvalue weighted by Crippen LogP contribution is -2.59. The predicted molar refractivity (Wildman–Crippen MR) is 158 cm³/mol. The first kappa shape index (κ1) is 32.0. The van der Waals surface area contributed by atoms with Crippen LogP contribution >= 0.6 is 0 Å². The second-order valence-corrected chi connectivity index (χ2v) is 14.6. The van der Waals surface area contributed by atoms with Gasteiger partial charge in [0, 0.05) is 6.42 Å². The maximum atomic E-state index is 13.2. The molecule has 0 radical (unpaired) electrons. The van der Waals surface area contributed by atoms with Crippen molar-refractivity contribution in [2.24, 2.45) is 40.4 Å². The molecule has 2 aliphatic heterocycles. The first-order valence-corrected chi connectivity index (χ1v) is 16.2. The van der Waals surface area contributed by atoms with Crippen molar-refractivity contribution < 1.29 is 49.3 Å². The molecule has 244 valence electrons. The van der Waals surface area contributed by atoms with Gasteiger partial charge in [0.15, 0.2) is 12.1 Å². The number of hydrogen-bond donors (Lipinski definition) is 5. The van der Waals surface area contributed by atoms with Gasteiger partial charge in [-0.1, -0.05) is 37.1 Å². The first-order valence-electron chi connectivity index (χ1n) is 16.2. The zero-order valence-electron chi connectivity index (χ0n) is 26.1. The maximum absolute atomic E-state index is 13.2. The Morgan fingerprint density at radius 3 is 2.50 bits per heavy atom. The summed E-state index contributed by atoms with van der Waals surface area (Å²) in [6.07, 6.45) is 2.76. The number of aliphatic hydroxyl groups is 5. The Balaban J connectivity index is 1.14. The van der Waals surface area contributed by atoms with Crippen LogP contribution in [0.15, 0.2) is 34.9 Å². The molecule has 14 atom stereocenters. The van der Waals surface area contributed by atoms with Crippen molar-refractivity contribution in [3.8, 4) is 0 Å². The molecule has 2 saturated carbocycles. The molecule has 0 aromatic rings. The van der Waals surface area contributed by atoms with Gasteiger partial charge in [0.05, 0.1) is 30.3 Å². The summed E-state index contributed by atoms with van der Waals surface area (Å²) in [5, 5.41) is 51.2. The lowest BCUT2D eigenvalue weighted by molar-refractivity contribution is -0.299. The monoisotopic (exact) mass is 616 g/mol. The van der Waals surface area contributed by atoms with Crippen LogP contribution in [0, 0.1) is 40.4 Å². The van der Waals surface area contributed by atoms with Crippen LogP contribution in [0.1, 0.15) is 66.2 Å². The highest BCUT2D eigenvalue weighted by molar-refractivity contribution is 5.98. The van der Waals surface area contributed by atoms with E-state index in [4.69, 9.17) is 14.2 Å². The van der Waals surface area contributed by atoms with Crippen molar-refractivity contribution in [2.45, 2.75) is 109 Å². The Morgan fingerprint density at radius 1 is 1.05 bits per heavy atom. The van der Waals surface area contributed by atoms with Crippen LogP contribution in [0.4, 0.5) is 0 Å². The van der Waals surface area contributed by atoms with Crippen LogP contribution < -0.4 is 0 Å². The van der Waals surface area contributed by atoms with Crippen LogP contribution in [0.25, 0.3) is 0 Å². The number of allylic oxidation sites excluding steroid dienone is 3. The molecule has 0 spiro atoms. The fourth-order valence-electron chi connectivity index (χ4n) is 10.0. The Labute approximate surface area is 258 Å². The summed E-state index contributed by atoms with van der Waals surface area (Å²) in [5.74, 6) is 0.452. The minimum atomic E-state index is -1.56. The number of aliphatic hydroxyl groups excluding tert-OH is 5. The molecule has 4 aliphatic carbocycles. The number of cyclic esters (lactones) is 1. The fourth-order valence-corrected chi connectivity index (χ4v) is 10.0. The van der Waals surface area contributed by atoms with Gasteiger partial charge in [0.2, 0.25) is 0 Å². The molecule has 6 aliphatic rings. The maximum Gasteiger partial charge on any atom is 0.336 e. The highest BCUT2D eigenvalue weighted by Gasteiger charge is 2.63. The molecule has 10 heteroatoms. The number of carbonyl (C=O) groups is 2. The molecular weight excluding hydrogens is 568 g/mol. The third kappa shape index (κ3) is 4.87. The van der Waals surface area contributed by atoms with Gasteiger partial charge < -0.3 is 39.7 Å². The van der Waals surface area contributed by atoms with E-state index in [1.54, 1.807) is 6.08 Å². The Kier molecular flexibility index (Phi) is 8.52. The van der Waals surface area contributed by atoms with Gasteiger partial charge in [-0.3, -0.25) is 4.79 Å². The van der Waals surface area contributed by atoms with E-state index in [0.29, 0.717) is 17.9 Å². The summed E-state index contributed by atoms with van der Waals surface area (Å²) in [5.41, 5.74) is 1.62. The van der Waals surface area contributed by atoms with Crippen LogP contribution in [0.2, 0.25) is 0 Å². The van der Waals surface area contributed by atoms with Gasteiger partial charge in [-0.25, -0.2) is 4.79 Å². The summed E-state index contributed by atoms with van der Waals surface area (Å²) in [6.45, 7) is 7.68. The van der Waals surface area contributed by atoms with Gasteiger partial charge in [0.25, 0.3) is 0 Å². The van der Waals surface area contributed by atoms with Gasteiger partial charge in [-0.15, -0.1) is 0 Å². The number of fused-ring (bicyclic) bond motifs is 5. The summed E-state index contributed by atoms with van der Waals surface area (Å²) < 4.78 is 17.1. The van der Waals surface area contributed by atoms with E-state index in [2.05, 4.69) is 20.8 Å². The standard InChI is InChI=1S/C34H48O10/c1-16-12-24(43-31(41)19(16)15-42-32-30(40)29(39)28(38)25(14-35)44-32)17(2)20-8-9-21-27-22(10-11-33(20,21)3)34(4)18(13-23(27)36)6-5-7-26(34)37/h5,7,13,17,20-25,27-30,32,35-36,38-40H,6,8-12,14-15H2,1-4H3. The second kappa shape index (κ2) is 11.7. The number of esters is 1. The molecule has 14 unspecified atom stereocenters. The summed E-state index contributed by atoms with van der Waals surface area (Å²) in [4.78, 5) is 26.5. The molecule has 10 nitrogen and oxygen atoms in total. The molecule has 5 N–H and O–H groups in total. The fraction of sp³-hybridized carbons (Fsp3) is 0.765. The van der Waals surface area contributed by atoms with Gasteiger partial charge in [-0.2, -0.15) is 0 Å². The molecular formula is C34H48O10. The van der Waals surface area contributed by atoms with Crippen molar-refractivity contribution in [3.63, 3.8) is 0 Å². The zero-order valence-corrected chi connectivity index (χ0v) is 26.1. The second-order valence-electron chi connectivity index (χ2n) is 14.6. The summed E-state index contributed by atoms with van der Waals surface area (Å²) in [6, 6.07) is 0. The van der Waals surface area contributed by atoms with E-state index >= 15 is 0 Å². The van der Waals surface area contributed by atoms with Gasteiger partial charge in [0.1, 0.15) is 30.5 Å². The van der Waals surface area contributed by atoms with Crippen molar-refractivity contribution in [2.75, 3.05) is 13.2 Å². The smallest absolute Gasteiger partial charge is 0.336 e. The summed E-state index contributed by atoms with van der Waals surface area (Å²) in [7, 11) is 0. The van der Waals surface area contributed by atoms with Crippen LogP contribution in [0.5, 0.6) is 0 Å². The molecule has 2 heterocycles. The van der Waals surface area contributed by atoms with Crippen LogP contribution in [0.3, 0.4) is 0 Å². The summed E-state index contributed by atoms with van der Waals surface area (Å²) >= 11 is 0. The molecule has 3 fully saturated rings. The minimum Gasteiger partial charge on any atom is -0.458 e. The minimum absolute atomic E-state index is 0.0249. The van der Waals surface area contributed by atoms with Crippen molar-refractivity contribution in [1.29, 1.82) is 0 Å². The molecule has 44 heavy (non-hydrogen) atoms. The normalized spacial score (nSPS) is 47.8. The average molecular weight is 617 g/mol. The molecule has 0 amide bonds. The lowest BCUT2D eigenvalue weighted by atomic mass is 9.46. The Hall–Kier alpha value is -1.92. The van der Waals surface area contributed by atoms with Gasteiger partial charge in [-0.05, 0) is 87.0 Å². The lowest BCUT2D eigenvalue weighted by Gasteiger charge is -2.58. The van der Waals surface area contributed by atoms with E-state index in [1.165, 1.54) is 0 Å². The van der Waals surface area contributed by atoms with E-state index in [-0.39, 0.29) is 47.6 Å². The van der Waals surface area contributed by atoms with E-state index in [1.807, 2.05) is 19.1 Å². The Morgan fingerprint density at radius 2 is 1.80 bits per heavy atom. The largest absolute Gasteiger partial charge is 0.458 e. The van der Waals surface area contributed by atoms with Crippen LogP contribution in [-0.4, -0.2) is 93.4 Å². The van der Waals surface area contributed by atoms with E-state index < -0.39 is 54.8 Å². The highest BCUT2D eigenvalue weighted by atomic mass is 16.7. The highest BCUT2D eigenvalue weighted by Crippen LogP contribution is 2.66. The number of carbonyl (C=O) groups excluding carboxylic acids is 2. The number of ether oxygens (including phenoxy) is 3. The van der Waals surface area contributed by atoms with Crippen molar-refractivity contribution in [3.05, 3.63) is 34.9 Å². The van der Waals surface area contributed by atoms with E-state index in [0.717, 1.165) is 43.3 Å². The molecule has 0 aromatic carbocycles. The van der Waals surface area contributed by atoms with E-state index in [9.17, 15) is 35.1 Å². The SMILES string of the molecule is CC1=C(COC2OC(CO)C(O)C(O)C2O)C(=O)OC(C(C)C2CCC3C4C(O)C=C5CC=CC(=O)C5(C)C4CCC23C)C1. The van der Waals surface area contributed by atoms with Crippen molar-refractivity contribution in [1.82, 2.24) is 0 Å². The molecule has 6 rings (SSSR count). The third-order valence-corrected chi connectivity index (χ3v) is 12.7. The Bertz CT molecular complexity index is 1250. The predicted octanol–water partition coefficient (Wildman–Crippen LogP) is 1.97. The number of hydrogen-bond acceptors (Lipinski definition) is 10. The van der Waals surface area contributed by atoms with Crippen LogP contribution in [-0.2, 0) is 23.8 Å². The molecule has 1 saturated heterocycles. The molecule has 0 bridgehead atoms. The average Bonchev–Trinajstić information content (AvgIpc) is 3.34. The zero-order chi connectivity index (χ0) is 31.7. The molecule has 0 aromatic heterocycles. The number of rotatable bonds is 6. The quantitative estimate of drug-likeness (QED) is 0.220. The third-order valence-electron chi connectivity index (χ3n) is 12.7.